The number of hydrogen-bond donors (Lipinski definition) is 0. The normalized spacial score (nSPS) is 16.9. The van der Waals surface area contributed by atoms with Crippen molar-refractivity contribution < 1.29 is 8.42 Å². The van der Waals surface area contributed by atoms with Gasteiger partial charge in [-0.25, -0.2) is 8.42 Å². The van der Waals surface area contributed by atoms with Gasteiger partial charge in [0, 0.05) is 10.9 Å². The van der Waals surface area contributed by atoms with Crippen LogP contribution in [0.1, 0.15) is 30.6 Å². The third-order valence-electron chi connectivity index (χ3n) is 3.39. The summed E-state index contributed by atoms with van der Waals surface area (Å²) in [6.07, 6.45) is 3.78. The zero-order valence-electron chi connectivity index (χ0n) is 10.6. The molecule has 0 aromatic carbocycles. The Bertz CT molecular complexity index is 598. The van der Waals surface area contributed by atoms with Crippen LogP contribution in [0.5, 0.6) is 0 Å². The number of sulfonamides is 1. The number of nitriles is 1. The van der Waals surface area contributed by atoms with Crippen molar-refractivity contribution in [1.82, 2.24) is 4.31 Å². The summed E-state index contributed by atoms with van der Waals surface area (Å²) in [5.41, 5.74) is 0. The average Bonchev–Trinajstić information content (AvgIpc) is 2.95. The second-order valence-corrected chi connectivity index (χ2v) is 9.11. The van der Waals surface area contributed by atoms with E-state index in [1.165, 1.54) is 15.6 Å². The molecule has 1 aliphatic rings. The van der Waals surface area contributed by atoms with E-state index in [9.17, 15) is 8.42 Å². The van der Waals surface area contributed by atoms with Crippen molar-refractivity contribution in [2.75, 3.05) is 6.54 Å². The van der Waals surface area contributed by atoms with Crippen LogP contribution in [-0.2, 0) is 10.0 Å². The zero-order valence-corrected chi connectivity index (χ0v) is 13.8. The highest BCUT2D eigenvalue weighted by Gasteiger charge is 2.34. The summed E-state index contributed by atoms with van der Waals surface area (Å²) in [7, 11) is -3.57. The van der Waals surface area contributed by atoms with Crippen LogP contribution in [0, 0.1) is 18.3 Å². The van der Waals surface area contributed by atoms with Gasteiger partial charge >= 0.3 is 0 Å². The molecule has 1 aromatic heterocycles. The lowest BCUT2D eigenvalue weighted by molar-refractivity contribution is 0.350. The van der Waals surface area contributed by atoms with Gasteiger partial charge in [0.15, 0.2) is 0 Å². The molecule has 0 amide bonds. The lowest BCUT2D eigenvalue weighted by Gasteiger charge is -2.25. The van der Waals surface area contributed by atoms with E-state index in [1.807, 2.05) is 6.07 Å². The van der Waals surface area contributed by atoms with Crippen molar-refractivity contribution in [2.24, 2.45) is 0 Å². The van der Waals surface area contributed by atoms with Crippen molar-refractivity contribution >= 4 is 37.3 Å². The molecule has 7 heteroatoms. The summed E-state index contributed by atoms with van der Waals surface area (Å²) >= 11 is 4.72. The van der Waals surface area contributed by atoms with E-state index in [1.54, 1.807) is 13.0 Å². The summed E-state index contributed by atoms with van der Waals surface area (Å²) in [6.45, 7) is 1.72. The maximum atomic E-state index is 12.7. The first kappa shape index (κ1) is 15.0. The van der Waals surface area contributed by atoms with Crippen LogP contribution in [0.4, 0.5) is 0 Å². The van der Waals surface area contributed by atoms with Gasteiger partial charge in [0.05, 0.1) is 14.8 Å². The Morgan fingerprint density at radius 3 is 2.63 bits per heavy atom. The van der Waals surface area contributed by atoms with Gasteiger partial charge in [-0.3, -0.25) is 0 Å². The van der Waals surface area contributed by atoms with Crippen LogP contribution in [0.2, 0.25) is 0 Å². The van der Waals surface area contributed by atoms with E-state index >= 15 is 0 Å². The van der Waals surface area contributed by atoms with E-state index in [0.29, 0.717) is 4.90 Å². The first-order valence-electron chi connectivity index (χ1n) is 6.11. The number of rotatable bonds is 4. The van der Waals surface area contributed by atoms with Crippen LogP contribution in [0.15, 0.2) is 14.7 Å². The van der Waals surface area contributed by atoms with E-state index in [0.717, 1.165) is 34.3 Å². The highest BCUT2D eigenvalue weighted by molar-refractivity contribution is 9.11. The number of halogens is 1. The fraction of sp³-hybridized carbons (Fsp3) is 0.583. The number of aryl methyl sites for hydroxylation is 1. The molecule has 1 saturated carbocycles. The molecule has 1 fully saturated rings. The van der Waals surface area contributed by atoms with Crippen LogP contribution < -0.4 is 0 Å². The third-order valence-corrected chi connectivity index (χ3v) is 7.09. The Kier molecular flexibility index (Phi) is 4.66. The van der Waals surface area contributed by atoms with Crippen LogP contribution >= 0.6 is 27.3 Å². The Balaban J connectivity index is 2.39. The maximum absolute atomic E-state index is 12.7. The molecule has 0 spiro atoms. The first-order valence-corrected chi connectivity index (χ1v) is 9.16. The second kappa shape index (κ2) is 5.92. The summed E-state index contributed by atoms with van der Waals surface area (Å²) in [4.78, 5) is 1.08. The lowest BCUT2D eigenvalue weighted by Crippen LogP contribution is -2.39. The maximum Gasteiger partial charge on any atom is 0.245 e. The molecule has 104 valence electrons. The monoisotopic (exact) mass is 362 g/mol. The fourth-order valence-corrected chi connectivity index (χ4v) is 6.45. The summed E-state index contributed by atoms with van der Waals surface area (Å²) in [5, 5.41) is 8.92. The van der Waals surface area contributed by atoms with Crippen molar-refractivity contribution in [3.05, 3.63) is 14.7 Å². The molecule has 0 bridgehead atoms. The molecular formula is C12H15BrN2O2S2. The molecule has 1 aliphatic carbocycles. The van der Waals surface area contributed by atoms with Gasteiger partial charge in [-0.05, 0) is 41.8 Å². The van der Waals surface area contributed by atoms with Crippen LogP contribution in [-0.4, -0.2) is 25.3 Å². The largest absolute Gasteiger partial charge is 0.245 e. The molecule has 0 aliphatic heterocycles. The highest BCUT2D eigenvalue weighted by Crippen LogP contribution is 2.34. The molecule has 0 unspecified atom stereocenters. The van der Waals surface area contributed by atoms with E-state index < -0.39 is 10.0 Å². The van der Waals surface area contributed by atoms with Gasteiger partial charge in [-0.1, -0.05) is 12.8 Å². The molecule has 0 N–H and O–H groups in total. The number of hydrogen-bond acceptors (Lipinski definition) is 4. The Labute approximate surface area is 126 Å². The van der Waals surface area contributed by atoms with Crippen LogP contribution in [0.25, 0.3) is 0 Å². The van der Waals surface area contributed by atoms with Crippen molar-refractivity contribution in [1.29, 1.82) is 5.26 Å². The molecule has 1 heterocycles. The molecule has 1 aromatic rings. The van der Waals surface area contributed by atoms with Gasteiger partial charge in [-0.2, -0.15) is 9.57 Å². The fourth-order valence-electron chi connectivity index (χ4n) is 2.49. The molecule has 19 heavy (non-hydrogen) atoms. The minimum atomic E-state index is -3.57. The van der Waals surface area contributed by atoms with Gasteiger partial charge in [0.25, 0.3) is 0 Å². The molecule has 0 radical (unpaired) electrons. The zero-order chi connectivity index (χ0) is 14.0. The highest BCUT2D eigenvalue weighted by atomic mass is 79.9. The molecule has 4 nitrogen and oxygen atoms in total. The van der Waals surface area contributed by atoms with Crippen molar-refractivity contribution in [3.8, 4) is 6.07 Å². The van der Waals surface area contributed by atoms with E-state index in [4.69, 9.17) is 5.26 Å². The topological polar surface area (TPSA) is 61.2 Å². The summed E-state index contributed by atoms with van der Waals surface area (Å²) in [6, 6.07) is 3.59. The number of nitrogens with zero attached hydrogens (tertiary/aromatic N) is 2. The Hall–Kier alpha value is -0.420. The van der Waals surface area contributed by atoms with E-state index in [2.05, 4.69) is 15.9 Å². The lowest BCUT2D eigenvalue weighted by atomic mass is 10.2. The predicted molar refractivity (Wildman–Crippen MR) is 78.5 cm³/mol. The van der Waals surface area contributed by atoms with Gasteiger partial charge in [0.1, 0.15) is 6.54 Å². The first-order chi connectivity index (χ1) is 8.96. The second-order valence-electron chi connectivity index (χ2n) is 4.62. The van der Waals surface area contributed by atoms with E-state index in [-0.39, 0.29) is 12.6 Å². The molecule has 2 rings (SSSR count). The molecule has 0 atom stereocenters. The Morgan fingerprint density at radius 2 is 2.16 bits per heavy atom. The SMILES string of the molecule is Cc1sc(Br)cc1S(=O)(=O)N(CC#N)C1CCCC1. The van der Waals surface area contributed by atoms with Crippen molar-refractivity contribution in [2.45, 2.75) is 43.5 Å². The molecular weight excluding hydrogens is 348 g/mol. The van der Waals surface area contributed by atoms with Gasteiger partial charge in [0.2, 0.25) is 10.0 Å². The van der Waals surface area contributed by atoms with Gasteiger partial charge < -0.3 is 0 Å². The minimum absolute atomic E-state index is 0.0253. The summed E-state index contributed by atoms with van der Waals surface area (Å²) < 4.78 is 27.6. The standard InChI is InChI=1S/C12H15BrN2O2S2/c1-9-11(8-12(13)18-9)19(16,17)15(7-6-14)10-4-2-3-5-10/h8,10H,2-5,7H2,1H3. The quantitative estimate of drug-likeness (QED) is 0.772. The predicted octanol–water partition coefficient (Wildman–Crippen LogP) is 3.28. The number of thiophene rings is 1. The smallest absolute Gasteiger partial charge is 0.207 e. The average molecular weight is 363 g/mol. The van der Waals surface area contributed by atoms with Gasteiger partial charge in [-0.15, -0.1) is 11.3 Å². The Morgan fingerprint density at radius 1 is 1.53 bits per heavy atom. The van der Waals surface area contributed by atoms with Crippen molar-refractivity contribution in [3.63, 3.8) is 0 Å². The third kappa shape index (κ3) is 3.02. The molecule has 0 saturated heterocycles. The minimum Gasteiger partial charge on any atom is -0.207 e. The van der Waals surface area contributed by atoms with Crippen LogP contribution in [0.3, 0.4) is 0 Å². The summed E-state index contributed by atoms with van der Waals surface area (Å²) in [5.74, 6) is 0.